The van der Waals surface area contributed by atoms with Crippen LogP contribution in [0.3, 0.4) is 0 Å². The fourth-order valence-electron chi connectivity index (χ4n) is 2.72. The number of nitro benzene ring substituents is 1. The summed E-state index contributed by atoms with van der Waals surface area (Å²) in [4.78, 5) is 33.9. The number of amides is 1. The van der Waals surface area contributed by atoms with E-state index in [1.54, 1.807) is 42.6 Å². The van der Waals surface area contributed by atoms with Crippen LogP contribution in [0.1, 0.15) is 5.76 Å². The largest absolute Gasteiger partial charge is 0.457 e. The first-order valence-electron chi connectivity index (χ1n) is 8.70. The lowest BCUT2D eigenvalue weighted by atomic mass is 10.1. The molecule has 8 nitrogen and oxygen atoms in total. The number of non-ortho nitro benzene ring substituents is 1. The molecule has 0 aliphatic carbocycles. The standard InChI is InChI=1S/C20H14N4O4S2/c1-2-9-23-18(25)17(30-20(23)22-19-21-8-10-29-19)12-15-6-7-16(28-15)13-4-3-5-14(11-13)24(26)27/h2-8,10-12H,1,9H2. The molecule has 0 unspecified atom stereocenters. The zero-order valence-corrected chi connectivity index (χ0v) is 17.1. The Morgan fingerprint density at radius 1 is 1.33 bits per heavy atom. The fraction of sp³-hybridized carbons (Fsp3) is 0.0500. The second kappa shape index (κ2) is 8.47. The molecule has 3 heterocycles. The van der Waals surface area contributed by atoms with Gasteiger partial charge in [0.05, 0.1) is 9.83 Å². The van der Waals surface area contributed by atoms with E-state index in [2.05, 4.69) is 16.6 Å². The minimum absolute atomic E-state index is 0.0200. The Balaban J connectivity index is 1.62. The Labute approximate surface area is 179 Å². The van der Waals surface area contributed by atoms with Crippen molar-refractivity contribution >= 4 is 51.1 Å². The summed E-state index contributed by atoms with van der Waals surface area (Å²) < 4.78 is 5.80. The van der Waals surface area contributed by atoms with Crippen LogP contribution >= 0.6 is 23.1 Å². The summed E-state index contributed by atoms with van der Waals surface area (Å²) in [6.45, 7) is 4.02. The maximum atomic E-state index is 12.8. The van der Waals surface area contributed by atoms with E-state index in [1.165, 1.54) is 40.1 Å². The summed E-state index contributed by atoms with van der Waals surface area (Å²) in [7, 11) is 0. The van der Waals surface area contributed by atoms with Gasteiger partial charge < -0.3 is 4.42 Å². The van der Waals surface area contributed by atoms with E-state index in [4.69, 9.17) is 4.42 Å². The summed E-state index contributed by atoms with van der Waals surface area (Å²) in [5.74, 6) is 0.727. The highest BCUT2D eigenvalue weighted by Crippen LogP contribution is 2.35. The number of hydrogen-bond acceptors (Lipinski definition) is 8. The van der Waals surface area contributed by atoms with E-state index in [0.717, 1.165) is 0 Å². The van der Waals surface area contributed by atoms with E-state index in [1.807, 2.05) is 5.38 Å². The van der Waals surface area contributed by atoms with Crippen molar-refractivity contribution in [1.29, 1.82) is 0 Å². The van der Waals surface area contributed by atoms with Crippen molar-refractivity contribution in [3.63, 3.8) is 0 Å². The van der Waals surface area contributed by atoms with Gasteiger partial charge in [-0.25, -0.2) is 4.98 Å². The summed E-state index contributed by atoms with van der Waals surface area (Å²) in [5.41, 5.74) is 0.562. The molecule has 1 saturated heterocycles. The van der Waals surface area contributed by atoms with Gasteiger partial charge in [-0.15, -0.1) is 17.9 Å². The molecule has 0 N–H and O–H groups in total. The van der Waals surface area contributed by atoms with Crippen LogP contribution in [0.2, 0.25) is 0 Å². The number of carbonyl (C=O) groups excluding carboxylic acids is 1. The Bertz CT molecular complexity index is 1180. The van der Waals surface area contributed by atoms with Crippen LogP contribution in [-0.4, -0.2) is 32.4 Å². The summed E-state index contributed by atoms with van der Waals surface area (Å²) in [6.07, 6.45) is 4.92. The van der Waals surface area contributed by atoms with Crippen LogP contribution in [-0.2, 0) is 4.79 Å². The van der Waals surface area contributed by atoms with Crippen molar-refractivity contribution in [3.05, 3.63) is 81.4 Å². The number of aromatic nitrogens is 1. The zero-order chi connectivity index (χ0) is 21.1. The molecule has 150 valence electrons. The number of rotatable bonds is 6. The summed E-state index contributed by atoms with van der Waals surface area (Å²) in [5, 5.41) is 13.9. The maximum absolute atomic E-state index is 12.8. The number of hydrogen-bond donors (Lipinski definition) is 0. The molecule has 0 atom stereocenters. The molecule has 30 heavy (non-hydrogen) atoms. The van der Waals surface area contributed by atoms with Crippen molar-refractivity contribution in [3.8, 4) is 11.3 Å². The molecule has 0 saturated carbocycles. The molecule has 1 aliphatic rings. The number of nitrogens with zero attached hydrogens (tertiary/aromatic N) is 4. The van der Waals surface area contributed by atoms with Crippen LogP contribution in [0.15, 0.2) is 74.9 Å². The molecule has 0 spiro atoms. The van der Waals surface area contributed by atoms with Gasteiger partial charge in [-0.3, -0.25) is 19.8 Å². The SMILES string of the molecule is C=CCN1C(=O)C(=Cc2ccc(-c3cccc([N+](=O)[O-])c3)o2)SC1=Nc1nccs1. The number of thiazole rings is 1. The molecule has 2 aromatic heterocycles. The molecule has 0 bridgehead atoms. The quantitative estimate of drug-likeness (QED) is 0.230. The number of benzene rings is 1. The lowest BCUT2D eigenvalue weighted by Crippen LogP contribution is -2.29. The molecular formula is C20H14N4O4S2. The minimum Gasteiger partial charge on any atom is -0.457 e. The maximum Gasteiger partial charge on any atom is 0.270 e. The second-order valence-corrected chi connectivity index (χ2v) is 7.92. The molecule has 0 radical (unpaired) electrons. The van der Waals surface area contributed by atoms with E-state index in [9.17, 15) is 14.9 Å². The van der Waals surface area contributed by atoms with E-state index in [0.29, 0.717) is 38.8 Å². The Morgan fingerprint density at radius 2 is 2.20 bits per heavy atom. The van der Waals surface area contributed by atoms with Gasteiger partial charge in [-0.05, 0) is 23.9 Å². The van der Waals surface area contributed by atoms with Crippen molar-refractivity contribution in [2.75, 3.05) is 6.54 Å². The predicted molar refractivity (Wildman–Crippen MR) is 117 cm³/mol. The van der Waals surface area contributed by atoms with Gasteiger partial charge >= 0.3 is 0 Å². The molecular weight excluding hydrogens is 424 g/mol. The summed E-state index contributed by atoms with van der Waals surface area (Å²) in [6, 6.07) is 9.60. The number of thioether (sulfide) groups is 1. The molecule has 1 fully saturated rings. The van der Waals surface area contributed by atoms with Gasteiger partial charge in [0.1, 0.15) is 11.5 Å². The lowest BCUT2D eigenvalue weighted by Gasteiger charge is -2.11. The smallest absolute Gasteiger partial charge is 0.270 e. The van der Waals surface area contributed by atoms with E-state index < -0.39 is 4.92 Å². The Morgan fingerprint density at radius 3 is 2.93 bits per heavy atom. The van der Waals surface area contributed by atoms with Gasteiger partial charge in [0.2, 0.25) is 5.13 Å². The van der Waals surface area contributed by atoms with Crippen molar-refractivity contribution < 1.29 is 14.1 Å². The predicted octanol–water partition coefficient (Wildman–Crippen LogP) is 5.10. The average Bonchev–Trinajstić information content (AvgIpc) is 3.47. The lowest BCUT2D eigenvalue weighted by molar-refractivity contribution is -0.384. The minimum atomic E-state index is -0.458. The first kappa shape index (κ1) is 19.8. The van der Waals surface area contributed by atoms with Crippen molar-refractivity contribution in [2.45, 2.75) is 0 Å². The normalized spacial score (nSPS) is 16.5. The Hall–Kier alpha value is -3.50. The fourth-order valence-corrected chi connectivity index (χ4v) is 4.25. The van der Waals surface area contributed by atoms with Gasteiger partial charge in [0.15, 0.2) is 5.17 Å². The third-order valence-corrected chi connectivity index (χ3v) is 5.72. The topological polar surface area (TPSA) is 102 Å². The third kappa shape index (κ3) is 4.09. The summed E-state index contributed by atoms with van der Waals surface area (Å²) >= 11 is 2.61. The molecule has 1 amide bonds. The molecule has 10 heteroatoms. The highest BCUT2D eigenvalue weighted by Gasteiger charge is 2.33. The number of nitro groups is 1. The average molecular weight is 438 g/mol. The highest BCUT2D eigenvalue weighted by molar-refractivity contribution is 8.18. The van der Waals surface area contributed by atoms with Crippen LogP contribution in [0.5, 0.6) is 0 Å². The number of aliphatic imine (C=N–C) groups is 1. The van der Waals surface area contributed by atoms with Crippen LogP contribution in [0, 0.1) is 10.1 Å². The van der Waals surface area contributed by atoms with Crippen molar-refractivity contribution in [2.24, 2.45) is 4.99 Å². The highest BCUT2D eigenvalue weighted by atomic mass is 32.2. The van der Waals surface area contributed by atoms with Crippen LogP contribution in [0.4, 0.5) is 10.8 Å². The number of carbonyl (C=O) groups is 1. The third-order valence-electron chi connectivity index (χ3n) is 4.05. The van der Waals surface area contributed by atoms with Gasteiger partial charge in [-0.2, -0.15) is 4.99 Å². The number of amidine groups is 1. The monoisotopic (exact) mass is 438 g/mol. The molecule has 3 aromatic rings. The number of furan rings is 1. The van der Waals surface area contributed by atoms with Crippen LogP contribution < -0.4 is 0 Å². The van der Waals surface area contributed by atoms with Gasteiger partial charge in [0, 0.05) is 41.9 Å². The first-order chi connectivity index (χ1) is 14.5. The van der Waals surface area contributed by atoms with Crippen molar-refractivity contribution in [1.82, 2.24) is 9.88 Å². The second-order valence-electron chi connectivity index (χ2n) is 6.03. The van der Waals surface area contributed by atoms with E-state index in [-0.39, 0.29) is 11.6 Å². The van der Waals surface area contributed by atoms with Crippen LogP contribution in [0.25, 0.3) is 17.4 Å². The Kier molecular flexibility index (Phi) is 5.59. The zero-order valence-electron chi connectivity index (χ0n) is 15.4. The molecule has 1 aliphatic heterocycles. The molecule has 4 rings (SSSR count). The van der Waals surface area contributed by atoms with E-state index >= 15 is 0 Å². The first-order valence-corrected chi connectivity index (χ1v) is 10.4. The molecule has 1 aromatic carbocycles. The van der Waals surface area contributed by atoms with Gasteiger partial charge in [-0.1, -0.05) is 18.2 Å². The van der Waals surface area contributed by atoms with Gasteiger partial charge in [0.25, 0.3) is 11.6 Å².